The highest BCUT2D eigenvalue weighted by molar-refractivity contribution is 9.09. The van der Waals surface area contributed by atoms with Gasteiger partial charge in [-0.3, -0.25) is 0 Å². The average Bonchev–Trinajstić information content (AvgIpc) is 2.34. The van der Waals surface area contributed by atoms with Gasteiger partial charge in [-0.05, 0) is 30.5 Å². The van der Waals surface area contributed by atoms with Gasteiger partial charge in [-0.1, -0.05) is 48.3 Å². The lowest BCUT2D eigenvalue weighted by Crippen LogP contribution is -2.13. The summed E-state index contributed by atoms with van der Waals surface area (Å²) < 4.78 is 5.82. The van der Waals surface area contributed by atoms with Gasteiger partial charge in [0.25, 0.3) is 0 Å². The molecule has 0 spiro atoms. The first-order valence-corrected chi connectivity index (χ1v) is 7.20. The van der Waals surface area contributed by atoms with Crippen LogP contribution in [0.5, 0.6) is 5.75 Å². The van der Waals surface area contributed by atoms with Crippen molar-refractivity contribution in [3.8, 4) is 5.75 Å². The molecule has 0 aromatic heterocycles. The maximum atomic E-state index is 5.82. The molecule has 0 aliphatic carbocycles. The zero-order chi connectivity index (χ0) is 11.8. The number of hydrogen-bond donors (Lipinski definition) is 0. The van der Waals surface area contributed by atoms with Crippen LogP contribution in [-0.4, -0.2) is 11.9 Å². The molecule has 0 saturated heterocycles. The quantitative estimate of drug-likeness (QED) is 0.673. The summed E-state index contributed by atoms with van der Waals surface area (Å²) in [6.45, 7) is 5.19. The molecule has 0 N–H and O–H groups in total. The molecule has 0 radical (unpaired) electrons. The molecule has 16 heavy (non-hydrogen) atoms. The van der Waals surface area contributed by atoms with Gasteiger partial charge in [0.2, 0.25) is 0 Å². The normalized spacial score (nSPS) is 12.4. The highest BCUT2D eigenvalue weighted by Crippen LogP contribution is 2.17. The van der Waals surface area contributed by atoms with Crippen LogP contribution < -0.4 is 4.74 Å². The summed E-state index contributed by atoms with van der Waals surface area (Å²) in [5, 5.41) is 1.02. The van der Waals surface area contributed by atoms with Crippen LogP contribution in [0.15, 0.2) is 24.3 Å². The van der Waals surface area contributed by atoms with Crippen LogP contribution in [0, 0.1) is 5.92 Å². The zero-order valence-electron chi connectivity index (χ0n) is 10.2. The summed E-state index contributed by atoms with van der Waals surface area (Å²) in [5.74, 6) is 1.62. The predicted octanol–water partition coefficient (Wildman–Crippen LogP) is 4.44. The third kappa shape index (κ3) is 4.56. The Bertz CT molecular complexity index is 299. The number of rotatable bonds is 7. The predicted molar refractivity (Wildman–Crippen MR) is 73.5 cm³/mol. The second kappa shape index (κ2) is 7.72. The van der Waals surface area contributed by atoms with Gasteiger partial charge in [-0.15, -0.1) is 0 Å². The standard InChI is InChI=1S/C14H21BrO/c1-3-6-13(10-15)11-16-14-8-5-7-12(4-2)9-14/h5,7-9,13H,3-4,6,10-11H2,1-2H3. The lowest BCUT2D eigenvalue weighted by molar-refractivity contribution is 0.255. The third-order valence-corrected chi connectivity index (χ3v) is 3.62. The molecule has 1 nitrogen and oxygen atoms in total. The molecule has 1 rings (SSSR count). The van der Waals surface area contributed by atoms with Gasteiger partial charge in [-0.25, -0.2) is 0 Å². The van der Waals surface area contributed by atoms with Crippen molar-refractivity contribution in [1.82, 2.24) is 0 Å². The van der Waals surface area contributed by atoms with E-state index in [1.165, 1.54) is 18.4 Å². The van der Waals surface area contributed by atoms with E-state index in [0.29, 0.717) is 5.92 Å². The fraction of sp³-hybridized carbons (Fsp3) is 0.571. The Labute approximate surface area is 107 Å². The van der Waals surface area contributed by atoms with Gasteiger partial charge in [-0.2, -0.15) is 0 Å². The maximum Gasteiger partial charge on any atom is 0.119 e. The van der Waals surface area contributed by atoms with Crippen LogP contribution in [0.2, 0.25) is 0 Å². The molecular formula is C14H21BrO. The zero-order valence-corrected chi connectivity index (χ0v) is 11.8. The number of hydrogen-bond acceptors (Lipinski definition) is 1. The molecule has 1 aromatic carbocycles. The van der Waals surface area contributed by atoms with Crippen molar-refractivity contribution < 1.29 is 4.74 Å². The molecule has 0 aliphatic heterocycles. The Morgan fingerprint density at radius 2 is 2.12 bits per heavy atom. The van der Waals surface area contributed by atoms with E-state index in [1.807, 2.05) is 6.07 Å². The fourth-order valence-electron chi connectivity index (χ4n) is 1.68. The van der Waals surface area contributed by atoms with Crippen molar-refractivity contribution in [3.05, 3.63) is 29.8 Å². The number of halogens is 1. The largest absolute Gasteiger partial charge is 0.493 e. The van der Waals surface area contributed by atoms with Gasteiger partial charge < -0.3 is 4.74 Å². The first-order chi connectivity index (χ1) is 7.80. The highest BCUT2D eigenvalue weighted by Gasteiger charge is 2.06. The minimum absolute atomic E-state index is 0.621. The van der Waals surface area contributed by atoms with Crippen molar-refractivity contribution >= 4 is 15.9 Å². The smallest absolute Gasteiger partial charge is 0.119 e. The van der Waals surface area contributed by atoms with Crippen molar-refractivity contribution in [1.29, 1.82) is 0 Å². The van der Waals surface area contributed by atoms with E-state index >= 15 is 0 Å². The third-order valence-electron chi connectivity index (χ3n) is 2.71. The van der Waals surface area contributed by atoms with Crippen LogP contribution >= 0.6 is 15.9 Å². The molecule has 0 amide bonds. The SMILES string of the molecule is CCCC(CBr)COc1cccc(CC)c1. The lowest BCUT2D eigenvalue weighted by Gasteiger charge is -2.14. The van der Waals surface area contributed by atoms with E-state index in [0.717, 1.165) is 24.1 Å². The number of alkyl halides is 1. The summed E-state index contributed by atoms with van der Waals surface area (Å²) in [5.41, 5.74) is 1.34. The average molecular weight is 285 g/mol. The van der Waals surface area contributed by atoms with Gasteiger partial charge in [0, 0.05) is 11.2 Å². The monoisotopic (exact) mass is 284 g/mol. The van der Waals surface area contributed by atoms with Crippen LogP contribution in [0.4, 0.5) is 0 Å². The van der Waals surface area contributed by atoms with E-state index in [4.69, 9.17) is 4.74 Å². The van der Waals surface area contributed by atoms with Gasteiger partial charge in [0.15, 0.2) is 0 Å². The molecule has 0 bridgehead atoms. The van der Waals surface area contributed by atoms with Crippen LogP contribution in [0.3, 0.4) is 0 Å². The fourth-order valence-corrected chi connectivity index (χ4v) is 2.19. The Morgan fingerprint density at radius 1 is 1.31 bits per heavy atom. The lowest BCUT2D eigenvalue weighted by atomic mass is 10.1. The number of benzene rings is 1. The molecule has 0 fully saturated rings. The molecule has 1 unspecified atom stereocenters. The molecule has 2 heteroatoms. The van der Waals surface area contributed by atoms with E-state index in [-0.39, 0.29) is 0 Å². The molecular weight excluding hydrogens is 264 g/mol. The van der Waals surface area contributed by atoms with Crippen molar-refractivity contribution in [2.75, 3.05) is 11.9 Å². The molecule has 90 valence electrons. The maximum absolute atomic E-state index is 5.82. The van der Waals surface area contributed by atoms with Crippen LogP contribution in [0.25, 0.3) is 0 Å². The van der Waals surface area contributed by atoms with E-state index in [2.05, 4.69) is 48.0 Å². The van der Waals surface area contributed by atoms with Crippen LogP contribution in [0.1, 0.15) is 32.3 Å². The first kappa shape index (κ1) is 13.6. The number of aryl methyl sites for hydroxylation is 1. The van der Waals surface area contributed by atoms with Gasteiger partial charge >= 0.3 is 0 Å². The summed E-state index contributed by atoms with van der Waals surface area (Å²) in [7, 11) is 0. The van der Waals surface area contributed by atoms with E-state index in [9.17, 15) is 0 Å². The second-order valence-electron chi connectivity index (χ2n) is 4.12. The topological polar surface area (TPSA) is 9.23 Å². The second-order valence-corrected chi connectivity index (χ2v) is 4.77. The minimum atomic E-state index is 0.621. The Kier molecular flexibility index (Phi) is 6.55. The molecule has 0 saturated carbocycles. The van der Waals surface area contributed by atoms with E-state index in [1.54, 1.807) is 0 Å². The molecule has 1 atom stereocenters. The summed E-state index contributed by atoms with van der Waals surface area (Å²) in [6.07, 6.45) is 3.50. The molecule has 1 aromatic rings. The van der Waals surface area contributed by atoms with E-state index < -0.39 is 0 Å². The summed E-state index contributed by atoms with van der Waals surface area (Å²) >= 11 is 3.54. The number of ether oxygens (including phenoxy) is 1. The summed E-state index contributed by atoms with van der Waals surface area (Å²) in [6, 6.07) is 8.38. The molecule has 0 aliphatic rings. The van der Waals surface area contributed by atoms with Gasteiger partial charge in [0.1, 0.15) is 5.75 Å². The minimum Gasteiger partial charge on any atom is -0.493 e. The Balaban J connectivity index is 2.46. The highest BCUT2D eigenvalue weighted by atomic mass is 79.9. The molecule has 0 heterocycles. The van der Waals surface area contributed by atoms with Crippen molar-refractivity contribution in [2.45, 2.75) is 33.1 Å². The van der Waals surface area contributed by atoms with Crippen molar-refractivity contribution in [3.63, 3.8) is 0 Å². The Morgan fingerprint density at radius 3 is 2.75 bits per heavy atom. The van der Waals surface area contributed by atoms with Gasteiger partial charge in [0.05, 0.1) is 6.61 Å². The summed E-state index contributed by atoms with van der Waals surface area (Å²) in [4.78, 5) is 0. The first-order valence-electron chi connectivity index (χ1n) is 6.07. The van der Waals surface area contributed by atoms with Crippen LogP contribution in [-0.2, 0) is 6.42 Å². The Hall–Kier alpha value is -0.500. The van der Waals surface area contributed by atoms with Crippen molar-refractivity contribution in [2.24, 2.45) is 5.92 Å².